The minimum Gasteiger partial charge on any atom is -0.275 e. The van der Waals surface area contributed by atoms with Crippen molar-refractivity contribution in [1.29, 1.82) is 0 Å². The summed E-state index contributed by atoms with van der Waals surface area (Å²) in [6.45, 7) is 2.62. The summed E-state index contributed by atoms with van der Waals surface area (Å²) in [5.74, 6) is 1.43. The van der Waals surface area contributed by atoms with E-state index in [0.29, 0.717) is 12.4 Å². The van der Waals surface area contributed by atoms with E-state index in [1.165, 1.54) is 0 Å². The van der Waals surface area contributed by atoms with Gasteiger partial charge in [0.25, 0.3) is 0 Å². The average Bonchev–Trinajstić information content (AvgIpc) is 3.49. The van der Waals surface area contributed by atoms with E-state index in [-0.39, 0.29) is 0 Å². The van der Waals surface area contributed by atoms with E-state index >= 15 is 0 Å². The van der Waals surface area contributed by atoms with Crippen molar-refractivity contribution in [1.82, 2.24) is 39.3 Å². The second-order valence-corrected chi connectivity index (χ2v) is 7.19. The Labute approximate surface area is 173 Å². The number of hydrogen-bond donors (Lipinski definition) is 0. The highest BCUT2D eigenvalue weighted by Crippen LogP contribution is 2.25. The van der Waals surface area contributed by atoms with E-state index < -0.39 is 0 Å². The molecule has 0 saturated heterocycles. The molecule has 148 valence electrons. The summed E-state index contributed by atoms with van der Waals surface area (Å²) in [5, 5.41) is 13.5. The molecular formula is C22H20N8. The van der Waals surface area contributed by atoms with Gasteiger partial charge in [-0.2, -0.15) is 10.2 Å². The monoisotopic (exact) mass is 396 g/mol. The van der Waals surface area contributed by atoms with Crippen molar-refractivity contribution in [3.63, 3.8) is 0 Å². The highest BCUT2D eigenvalue weighted by molar-refractivity contribution is 5.63. The van der Waals surface area contributed by atoms with E-state index in [2.05, 4.69) is 21.2 Å². The summed E-state index contributed by atoms with van der Waals surface area (Å²) >= 11 is 0. The normalized spacial score (nSPS) is 11.1. The first-order chi connectivity index (χ1) is 14.7. The number of aromatic nitrogens is 8. The second kappa shape index (κ2) is 7.40. The Bertz CT molecular complexity index is 1300. The maximum Gasteiger partial charge on any atom is 0.184 e. The molecule has 8 heteroatoms. The van der Waals surface area contributed by atoms with Gasteiger partial charge in [-0.25, -0.2) is 14.3 Å². The highest BCUT2D eigenvalue weighted by atomic mass is 15.4. The van der Waals surface area contributed by atoms with Gasteiger partial charge in [-0.15, -0.1) is 5.10 Å². The fourth-order valence-electron chi connectivity index (χ4n) is 3.33. The molecule has 0 aliphatic rings. The van der Waals surface area contributed by atoms with Gasteiger partial charge in [0.2, 0.25) is 0 Å². The Kier molecular flexibility index (Phi) is 4.44. The highest BCUT2D eigenvalue weighted by Gasteiger charge is 2.16. The minimum atomic E-state index is 0.593. The van der Waals surface area contributed by atoms with Crippen LogP contribution in [0.1, 0.15) is 11.1 Å². The molecular weight excluding hydrogens is 376 g/mol. The fourth-order valence-corrected chi connectivity index (χ4v) is 3.33. The molecule has 1 aromatic carbocycles. The van der Waals surface area contributed by atoms with Crippen LogP contribution in [0.2, 0.25) is 0 Å². The molecule has 0 bridgehead atoms. The molecule has 0 N–H and O–H groups in total. The lowest BCUT2D eigenvalue weighted by atomic mass is 10.2. The molecule has 8 nitrogen and oxygen atoms in total. The first-order valence-electron chi connectivity index (χ1n) is 9.60. The summed E-state index contributed by atoms with van der Waals surface area (Å²) in [6.07, 6.45) is 11.1. The van der Waals surface area contributed by atoms with Crippen LogP contribution in [0.15, 0.2) is 73.6 Å². The van der Waals surface area contributed by atoms with Crippen LogP contribution in [-0.4, -0.2) is 39.3 Å². The zero-order valence-electron chi connectivity index (χ0n) is 16.7. The van der Waals surface area contributed by atoms with Gasteiger partial charge < -0.3 is 0 Å². The van der Waals surface area contributed by atoms with Gasteiger partial charge in [0.05, 0.1) is 30.2 Å². The largest absolute Gasteiger partial charge is 0.275 e. The van der Waals surface area contributed by atoms with Crippen molar-refractivity contribution in [3.8, 4) is 28.5 Å². The SMILES string of the molecule is Cc1cnn(-c2cccc(-c3nc(-c4cnn(C)c4)nn3Cc3ccncc3)c2)c1. The Morgan fingerprint density at radius 3 is 2.53 bits per heavy atom. The summed E-state index contributed by atoms with van der Waals surface area (Å²) in [7, 11) is 1.88. The van der Waals surface area contributed by atoms with E-state index in [4.69, 9.17) is 10.1 Å². The lowest BCUT2D eigenvalue weighted by Gasteiger charge is -2.08. The van der Waals surface area contributed by atoms with Gasteiger partial charge in [0.15, 0.2) is 11.6 Å². The molecule has 0 saturated carbocycles. The standard InChI is InChI=1S/C22H20N8/c1-16-11-25-29(13-16)20-5-3-4-18(10-20)22-26-21(19-12-24-28(2)15-19)27-30(22)14-17-6-8-23-9-7-17/h3-13,15H,14H2,1-2H3. The number of nitrogens with zero attached hydrogens (tertiary/aromatic N) is 8. The topological polar surface area (TPSA) is 79.2 Å². The quantitative estimate of drug-likeness (QED) is 0.455. The van der Waals surface area contributed by atoms with Crippen molar-refractivity contribution < 1.29 is 0 Å². The van der Waals surface area contributed by atoms with Crippen molar-refractivity contribution in [2.75, 3.05) is 0 Å². The average molecular weight is 396 g/mol. The van der Waals surface area contributed by atoms with Crippen LogP contribution >= 0.6 is 0 Å². The Morgan fingerprint density at radius 2 is 1.80 bits per heavy atom. The van der Waals surface area contributed by atoms with Crippen LogP contribution in [0.25, 0.3) is 28.5 Å². The molecule has 0 radical (unpaired) electrons. The number of benzene rings is 1. The van der Waals surface area contributed by atoms with Crippen molar-refractivity contribution in [2.45, 2.75) is 13.5 Å². The lowest BCUT2D eigenvalue weighted by Crippen LogP contribution is -2.05. The molecule has 0 amide bonds. The molecule has 30 heavy (non-hydrogen) atoms. The molecule has 0 fully saturated rings. The molecule has 4 heterocycles. The molecule has 0 aliphatic heterocycles. The van der Waals surface area contributed by atoms with Crippen LogP contribution in [0.5, 0.6) is 0 Å². The first kappa shape index (κ1) is 18.0. The number of pyridine rings is 1. The zero-order chi connectivity index (χ0) is 20.5. The zero-order valence-corrected chi connectivity index (χ0v) is 16.7. The molecule has 4 aromatic heterocycles. The van der Waals surface area contributed by atoms with Gasteiger partial charge in [0.1, 0.15) is 0 Å². The van der Waals surface area contributed by atoms with E-state index in [1.54, 1.807) is 23.3 Å². The number of hydrogen-bond acceptors (Lipinski definition) is 5. The van der Waals surface area contributed by atoms with Gasteiger partial charge in [0, 0.05) is 37.4 Å². The molecule has 5 rings (SSSR count). The Hall–Kier alpha value is -4.07. The second-order valence-electron chi connectivity index (χ2n) is 7.19. The predicted octanol–water partition coefficient (Wildman–Crippen LogP) is 3.28. The molecule has 5 aromatic rings. The molecule has 0 atom stereocenters. The van der Waals surface area contributed by atoms with Crippen molar-refractivity contribution >= 4 is 0 Å². The maximum absolute atomic E-state index is 4.85. The van der Waals surface area contributed by atoms with Crippen LogP contribution in [-0.2, 0) is 13.6 Å². The molecule has 0 unspecified atom stereocenters. The molecule has 0 aliphatic carbocycles. The predicted molar refractivity (Wildman–Crippen MR) is 113 cm³/mol. The van der Waals surface area contributed by atoms with Gasteiger partial charge in [-0.05, 0) is 42.3 Å². The van der Waals surface area contributed by atoms with Gasteiger partial charge in [-0.1, -0.05) is 12.1 Å². The van der Waals surface area contributed by atoms with Crippen molar-refractivity contribution in [2.24, 2.45) is 7.05 Å². The van der Waals surface area contributed by atoms with E-state index in [0.717, 1.165) is 33.8 Å². The summed E-state index contributed by atoms with van der Waals surface area (Å²) in [5.41, 5.74) is 5.04. The molecule has 0 spiro atoms. The van der Waals surface area contributed by atoms with Crippen LogP contribution in [0.4, 0.5) is 0 Å². The van der Waals surface area contributed by atoms with Crippen molar-refractivity contribution in [3.05, 3.63) is 84.7 Å². The fraction of sp³-hybridized carbons (Fsp3) is 0.136. The van der Waals surface area contributed by atoms with E-state index in [9.17, 15) is 0 Å². The van der Waals surface area contributed by atoms with Crippen LogP contribution < -0.4 is 0 Å². The minimum absolute atomic E-state index is 0.593. The van der Waals surface area contributed by atoms with Gasteiger partial charge >= 0.3 is 0 Å². The third-order valence-corrected chi connectivity index (χ3v) is 4.80. The summed E-state index contributed by atoms with van der Waals surface area (Å²) < 4.78 is 5.54. The number of aryl methyl sites for hydroxylation is 2. The smallest absolute Gasteiger partial charge is 0.184 e. The first-order valence-corrected chi connectivity index (χ1v) is 9.60. The summed E-state index contributed by atoms with van der Waals surface area (Å²) in [6, 6.07) is 12.1. The number of rotatable bonds is 5. The maximum atomic E-state index is 4.85. The summed E-state index contributed by atoms with van der Waals surface area (Å²) in [4.78, 5) is 8.96. The van der Waals surface area contributed by atoms with Gasteiger partial charge in [-0.3, -0.25) is 9.67 Å². The lowest BCUT2D eigenvalue weighted by molar-refractivity contribution is 0.694. The van der Waals surface area contributed by atoms with E-state index in [1.807, 2.05) is 72.3 Å². The Morgan fingerprint density at radius 1 is 0.933 bits per heavy atom. The van der Waals surface area contributed by atoms with Crippen LogP contribution in [0, 0.1) is 6.92 Å². The third-order valence-electron chi connectivity index (χ3n) is 4.80. The third kappa shape index (κ3) is 3.50. The van der Waals surface area contributed by atoms with Crippen LogP contribution in [0.3, 0.4) is 0 Å². The Balaban J connectivity index is 1.60.